The third kappa shape index (κ3) is 8.68. The van der Waals surface area contributed by atoms with E-state index in [4.69, 9.17) is 16.3 Å². The maximum atomic E-state index is 16.3. The quantitative estimate of drug-likeness (QED) is 0.107. The summed E-state index contributed by atoms with van der Waals surface area (Å²) in [6.45, 7) is 7.56. The van der Waals surface area contributed by atoms with E-state index in [1.807, 2.05) is 49.9 Å². The number of pyridine rings is 1. The number of rotatable bonds is 7. The number of aromatic nitrogens is 1. The fraction of sp³-hybridized carbons (Fsp3) is 0.420. The van der Waals surface area contributed by atoms with Gasteiger partial charge in [0.05, 0.1) is 23.9 Å². The predicted octanol–water partition coefficient (Wildman–Crippen LogP) is 8.50. The summed E-state index contributed by atoms with van der Waals surface area (Å²) in [4.78, 5) is 59.5. The minimum atomic E-state index is -4.70. The van der Waals surface area contributed by atoms with Gasteiger partial charge in [-0.1, -0.05) is 56.3 Å². The Kier molecular flexibility index (Phi) is 11.8. The van der Waals surface area contributed by atoms with Crippen LogP contribution in [-0.2, 0) is 21.2 Å². The highest BCUT2D eigenvalue weighted by Crippen LogP contribution is 2.59. The van der Waals surface area contributed by atoms with Crippen molar-refractivity contribution in [1.82, 2.24) is 20.5 Å². The molecule has 12 nitrogen and oxygen atoms in total. The number of carbonyl (C=O) groups excluding carboxylic acids is 4. The number of fused-ring (bicyclic) bond motifs is 2. The van der Waals surface area contributed by atoms with Crippen LogP contribution in [0.3, 0.4) is 0 Å². The number of piperidine rings is 1. The zero-order valence-corrected chi connectivity index (χ0v) is 38.1. The monoisotopic (exact) mass is 939 g/mol. The first-order valence-electron chi connectivity index (χ1n) is 22.3. The minimum absolute atomic E-state index is 0.0394. The molecule has 4 N–H and O–H groups in total. The van der Waals surface area contributed by atoms with E-state index in [2.05, 4.69) is 38.1 Å². The van der Waals surface area contributed by atoms with Crippen LogP contribution < -0.4 is 30.9 Å². The van der Waals surface area contributed by atoms with Gasteiger partial charge in [0.1, 0.15) is 17.3 Å². The molecule has 0 radical (unpaired) electrons. The van der Waals surface area contributed by atoms with E-state index < -0.39 is 53.0 Å². The fourth-order valence-corrected chi connectivity index (χ4v) is 10.8. The van der Waals surface area contributed by atoms with E-state index in [0.717, 1.165) is 30.9 Å². The molecule has 5 atom stereocenters. The Bertz CT molecular complexity index is 2730. The van der Waals surface area contributed by atoms with Crippen molar-refractivity contribution < 1.29 is 41.5 Å². The van der Waals surface area contributed by atoms with Gasteiger partial charge in [0, 0.05) is 90.2 Å². The number of alkyl halides is 3. The number of ether oxygens (including phenoxy) is 1. The molecule has 1 saturated carbocycles. The van der Waals surface area contributed by atoms with Crippen LogP contribution in [0.25, 0.3) is 0 Å². The summed E-state index contributed by atoms with van der Waals surface area (Å²) in [6.07, 6.45) is -0.253. The minimum Gasteiger partial charge on any atom is -0.495 e. The molecule has 0 unspecified atom stereocenters. The zero-order chi connectivity index (χ0) is 47.6. The number of methoxy groups -OCH3 is 1. The second-order valence-electron chi connectivity index (χ2n) is 19.5. The fourth-order valence-electron chi connectivity index (χ4n) is 10.6. The molecule has 1 aromatic heterocycles. The second kappa shape index (κ2) is 17.2. The van der Waals surface area contributed by atoms with Crippen LogP contribution in [0.2, 0.25) is 5.02 Å². The van der Waals surface area contributed by atoms with E-state index in [1.165, 1.54) is 24.3 Å². The first-order valence-corrected chi connectivity index (χ1v) is 22.7. The summed E-state index contributed by atoms with van der Waals surface area (Å²) >= 11 is 6.36. The molecule has 5 amide bonds. The van der Waals surface area contributed by atoms with E-state index in [1.54, 1.807) is 30.3 Å². The number of benzene rings is 3. The lowest BCUT2D eigenvalue weighted by Crippen LogP contribution is -2.49. The third-order valence-corrected chi connectivity index (χ3v) is 14.4. The van der Waals surface area contributed by atoms with E-state index in [9.17, 15) is 32.3 Å². The van der Waals surface area contributed by atoms with Crippen molar-refractivity contribution in [3.8, 4) is 17.6 Å². The lowest BCUT2D eigenvalue weighted by atomic mass is 9.63. The highest BCUT2D eigenvalue weighted by molar-refractivity contribution is 6.30. The van der Waals surface area contributed by atoms with Gasteiger partial charge < -0.3 is 25.6 Å². The molecule has 2 spiro atoms. The number of hydrogen-bond donors (Lipinski definition) is 4. The summed E-state index contributed by atoms with van der Waals surface area (Å²) < 4.78 is 63.6. The second-order valence-corrected chi connectivity index (χ2v) is 19.9. The third-order valence-electron chi connectivity index (χ3n) is 14.1. The standard InChI is InChI=1S/C50H50ClF4N7O5/c1-47(2,3)25-39-49(27-57-36-23-38(50(53,54)55)56-26-33(36)49)41(32-6-5-7-34(51)42(32)52)43(59-39)44(64)58-35-15-11-29(22-37(35)67-4)45(65)61-20-17-48(18-21-61)24-30(48)12-8-28-9-13-31(14-10-28)62-19-16-40(63)60-46(62)66/h5-7,9-11,13-15,22-23,26,30,39,41,43,57,59H,16-21,24-25,27H2,1-4H3,(H,58,64)(H,60,63,66)/t30-,39-,41-,43+,49-/m0/s1. The topological polar surface area (TPSA) is 145 Å². The Labute approximate surface area is 390 Å². The SMILES string of the molecule is COc1cc(C(=O)N2CCC3(CC2)C[C@@H]3C#Cc2ccc(N3CCC(=O)NC3=O)cc2)ccc1NC(=O)[C@@H]1N[C@@H](CC(C)(C)C)[C@@]2(CNc3cc(C(F)(F)F)ncc32)[C@H]1c1cccc(Cl)c1F. The molecular weight excluding hydrogens is 890 g/mol. The van der Waals surface area contributed by atoms with Crippen molar-refractivity contribution in [2.45, 2.75) is 82.5 Å². The van der Waals surface area contributed by atoms with Crippen molar-refractivity contribution in [2.75, 3.05) is 48.8 Å². The molecule has 4 aromatic rings. The average Bonchev–Trinajstić information content (AvgIpc) is 3.65. The molecule has 3 aromatic carbocycles. The van der Waals surface area contributed by atoms with Gasteiger partial charge >= 0.3 is 12.2 Å². The number of hydrogen-bond acceptors (Lipinski definition) is 8. The Morgan fingerprint density at radius 1 is 1.01 bits per heavy atom. The Balaban J connectivity index is 0.904. The molecule has 0 bridgehead atoms. The van der Waals surface area contributed by atoms with Crippen LogP contribution in [0.5, 0.6) is 5.75 Å². The number of urea groups is 1. The largest absolute Gasteiger partial charge is 0.495 e. The predicted molar refractivity (Wildman–Crippen MR) is 244 cm³/mol. The van der Waals surface area contributed by atoms with Gasteiger partial charge in [-0.2, -0.15) is 13.2 Å². The van der Waals surface area contributed by atoms with Gasteiger partial charge in [0.15, 0.2) is 0 Å². The van der Waals surface area contributed by atoms with Crippen LogP contribution >= 0.6 is 11.6 Å². The summed E-state index contributed by atoms with van der Waals surface area (Å²) in [6, 6.07) is 15.6. The Morgan fingerprint density at radius 2 is 1.76 bits per heavy atom. The van der Waals surface area contributed by atoms with Gasteiger partial charge in [-0.05, 0) is 96.7 Å². The molecule has 4 fully saturated rings. The Morgan fingerprint density at radius 3 is 2.45 bits per heavy atom. The molecule has 5 heterocycles. The zero-order valence-electron chi connectivity index (χ0n) is 37.4. The highest BCUT2D eigenvalue weighted by Gasteiger charge is 2.62. The number of nitrogens with one attached hydrogen (secondary N) is 4. The molecule has 4 aliphatic heterocycles. The van der Waals surface area contributed by atoms with Crippen molar-refractivity contribution in [3.63, 3.8) is 0 Å². The van der Waals surface area contributed by atoms with Crippen molar-refractivity contribution >= 4 is 52.4 Å². The van der Waals surface area contributed by atoms with Crippen LogP contribution in [0.4, 0.5) is 39.4 Å². The van der Waals surface area contributed by atoms with Gasteiger partial charge in [-0.25, -0.2) is 9.18 Å². The van der Waals surface area contributed by atoms with Crippen LogP contribution in [0, 0.1) is 34.4 Å². The normalized spacial score (nSPS) is 24.1. The molecule has 3 saturated heterocycles. The van der Waals surface area contributed by atoms with Crippen LogP contribution in [-0.4, -0.2) is 79.0 Å². The Hall–Kier alpha value is -6.18. The molecule has 67 heavy (non-hydrogen) atoms. The van der Waals surface area contributed by atoms with Gasteiger partial charge in [-0.3, -0.25) is 29.6 Å². The van der Waals surface area contributed by atoms with E-state index >= 15 is 4.39 Å². The van der Waals surface area contributed by atoms with Gasteiger partial charge in [-0.15, -0.1) is 0 Å². The molecule has 350 valence electrons. The van der Waals surface area contributed by atoms with Gasteiger partial charge in [0.2, 0.25) is 11.8 Å². The van der Waals surface area contributed by atoms with Crippen LogP contribution in [0.1, 0.15) is 91.5 Å². The average molecular weight is 940 g/mol. The lowest BCUT2D eigenvalue weighted by molar-refractivity contribution is -0.141. The summed E-state index contributed by atoms with van der Waals surface area (Å²) in [5, 5.41) is 11.8. The molecule has 9 rings (SSSR count). The van der Waals surface area contributed by atoms with Crippen molar-refractivity contribution in [1.29, 1.82) is 0 Å². The maximum Gasteiger partial charge on any atom is 0.433 e. The van der Waals surface area contributed by atoms with Crippen LogP contribution in [0.15, 0.2) is 72.9 Å². The van der Waals surface area contributed by atoms with Crippen molar-refractivity contribution in [2.24, 2.45) is 16.7 Å². The number of nitrogens with zero attached hydrogens (tertiary/aromatic N) is 3. The number of likely N-dealkylation sites (tertiary alicyclic amines) is 1. The first-order chi connectivity index (χ1) is 31.8. The molecular formula is C50H50ClF4N7O5. The highest BCUT2D eigenvalue weighted by atomic mass is 35.5. The van der Waals surface area contributed by atoms with Crippen molar-refractivity contribution in [3.05, 3.63) is 112 Å². The number of amides is 5. The maximum absolute atomic E-state index is 16.3. The summed E-state index contributed by atoms with van der Waals surface area (Å²) in [5.74, 6) is 4.41. The van der Waals surface area contributed by atoms with Gasteiger partial charge in [0.25, 0.3) is 5.91 Å². The van der Waals surface area contributed by atoms with E-state index in [0.29, 0.717) is 42.9 Å². The number of carbonyl (C=O) groups is 4. The summed E-state index contributed by atoms with van der Waals surface area (Å²) in [5.41, 5.74) is 0.425. The summed E-state index contributed by atoms with van der Waals surface area (Å²) in [7, 11) is 1.43. The number of imide groups is 1. The number of halogens is 5. The first kappa shape index (κ1) is 46.0. The molecule has 17 heteroatoms. The smallest absolute Gasteiger partial charge is 0.433 e. The number of anilines is 3. The molecule has 5 aliphatic rings. The lowest BCUT2D eigenvalue weighted by Gasteiger charge is -2.39. The molecule has 1 aliphatic carbocycles. The van der Waals surface area contributed by atoms with E-state index in [-0.39, 0.29) is 69.2 Å².